The van der Waals surface area contributed by atoms with E-state index >= 15 is 0 Å². The molecule has 1 aliphatic carbocycles. The van der Waals surface area contributed by atoms with Gasteiger partial charge in [-0.1, -0.05) is 36.4 Å². The summed E-state index contributed by atoms with van der Waals surface area (Å²) in [7, 11) is -2.24. The zero-order valence-electron chi connectivity index (χ0n) is 16.9. The fourth-order valence-corrected chi connectivity index (χ4v) is 4.39. The van der Waals surface area contributed by atoms with E-state index < -0.39 is 20.9 Å². The number of hydrogen-bond acceptors (Lipinski definition) is 6. The van der Waals surface area contributed by atoms with Gasteiger partial charge in [-0.15, -0.1) is 12.4 Å². The average Bonchev–Trinajstić information content (AvgIpc) is 2.68. The number of primary sulfonamides is 1. The molecule has 2 atom stereocenters. The molecule has 0 aliphatic heterocycles. The van der Waals surface area contributed by atoms with Gasteiger partial charge in [-0.2, -0.15) is 0 Å². The lowest BCUT2D eigenvalue weighted by Gasteiger charge is -2.36. The van der Waals surface area contributed by atoms with Gasteiger partial charge in [-0.05, 0) is 38.4 Å². The van der Waals surface area contributed by atoms with Crippen LogP contribution in [0.1, 0.15) is 19.8 Å². The SMILES string of the molecule is CCOc1ccccc1OCCNCCCC1(OC)C=CC=CC1S(N)(=O)=O.Cl. The number of para-hydroxylation sites is 2. The quantitative estimate of drug-likeness (QED) is 0.478. The molecular weight excluding hydrogens is 416 g/mol. The average molecular weight is 447 g/mol. The molecule has 0 spiro atoms. The Morgan fingerprint density at radius 2 is 1.83 bits per heavy atom. The van der Waals surface area contributed by atoms with E-state index in [2.05, 4.69) is 5.32 Å². The molecule has 7 nitrogen and oxygen atoms in total. The summed E-state index contributed by atoms with van der Waals surface area (Å²) >= 11 is 0. The Labute approximate surface area is 179 Å². The number of methoxy groups -OCH3 is 1. The zero-order valence-corrected chi connectivity index (χ0v) is 18.5. The molecule has 0 aromatic heterocycles. The third-order valence-corrected chi connectivity index (χ3v) is 5.86. The predicted octanol–water partition coefficient (Wildman–Crippen LogP) is 2.42. The molecule has 1 aromatic carbocycles. The van der Waals surface area contributed by atoms with Crippen molar-refractivity contribution in [3.8, 4) is 11.5 Å². The zero-order chi connectivity index (χ0) is 20.5. The Morgan fingerprint density at radius 3 is 2.45 bits per heavy atom. The van der Waals surface area contributed by atoms with Crippen molar-refractivity contribution in [3.05, 3.63) is 48.6 Å². The highest BCUT2D eigenvalue weighted by Crippen LogP contribution is 2.31. The topological polar surface area (TPSA) is 99.9 Å². The molecule has 1 aliphatic rings. The van der Waals surface area contributed by atoms with Crippen molar-refractivity contribution >= 4 is 22.4 Å². The fraction of sp³-hybridized carbons (Fsp3) is 0.500. The number of nitrogens with one attached hydrogen (secondary N) is 1. The second-order valence-corrected chi connectivity index (χ2v) is 8.18. The second kappa shape index (κ2) is 12.2. The van der Waals surface area contributed by atoms with E-state index in [1.807, 2.05) is 31.2 Å². The minimum atomic E-state index is -3.75. The van der Waals surface area contributed by atoms with E-state index in [4.69, 9.17) is 19.3 Å². The van der Waals surface area contributed by atoms with Gasteiger partial charge in [0.05, 0.1) is 6.61 Å². The van der Waals surface area contributed by atoms with E-state index in [1.54, 1.807) is 24.3 Å². The van der Waals surface area contributed by atoms with Crippen LogP contribution in [0.15, 0.2) is 48.6 Å². The van der Waals surface area contributed by atoms with Crippen molar-refractivity contribution in [2.24, 2.45) is 5.14 Å². The second-order valence-electron chi connectivity index (χ2n) is 6.49. The van der Waals surface area contributed by atoms with Crippen LogP contribution in [0.25, 0.3) is 0 Å². The first kappa shape index (κ1) is 25.5. The molecule has 0 radical (unpaired) electrons. The molecule has 2 unspecified atom stereocenters. The maximum absolute atomic E-state index is 11.9. The number of hydrogen-bond donors (Lipinski definition) is 2. The van der Waals surface area contributed by atoms with Crippen LogP contribution in [0, 0.1) is 0 Å². The molecule has 164 valence electrons. The van der Waals surface area contributed by atoms with Crippen LogP contribution < -0.4 is 19.9 Å². The molecule has 2 rings (SSSR count). The summed E-state index contributed by atoms with van der Waals surface area (Å²) in [5.41, 5.74) is -0.934. The molecule has 0 amide bonds. The minimum Gasteiger partial charge on any atom is -0.490 e. The molecule has 0 saturated heterocycles. The molecule has 1 aromatic rings. The van der Waals surface area contributed by atoms with Gasteiger partial charge in [0.15, 0.2) is 11.5 Å². The van der Waals surface area contributed by atoms with Gasteiger partial charge in [0.2, 0.25) is 10.0 Å². The first-order valence-electron chi connectivity index (χ1n) is 9.41. The predicted molar refractivity (Wildman–Crippen MR) is 117 cm³/mol. The summed E-state index contributed by atoms with van der Waals surface area (Å²) < 4.78 is 40.7. The Bertz CT molecular complexity index is 785. The van der Waals surface area contributed by atoms with E-state index in [-0.39, 0.29) is 12.4 Å². The first-order chi connectivity index (χ1) is 13.4. The number of benzene rings is 1. The monoisotopic (exact) mass is 446 g/mol. The summed E-state index contributed by atoms with van der Waals surface area (Å²) in [6.07, 6.45) is 8.09. The fourth-order valence-electron chi connectivity index (χ4n) is 3.23. The summed E-state index contributed by atoms with van der Waals surface area (Å²) in [6, 6.07) is 7.57. The summed E-state index contributed by atoms with van der Waals surface area (Å²) in [6.45, 7) is 4.39. The van der Waals surface area contributed by atoms with Crippen molar-refractivity contribution in [3.63, 3.8) is 0 Å². The minimum absolute atomic E-state index is 0. The van der Waals surface area contributed by atoms with Crippen molar-refractivity contribution in [2.75, 3.05) is 33.4 Å². The van der Waals surface area contributed by atoms with Crippen LogP contribution >= 0.6 is 12.4 Å². The van der Waals surface area contributed by atoms with Crippen LogP contribution in [0.3, 0.4) is 0 Å². The van der Waals surface area contributed by atoms with Gasteiger partial charge in [-0.25, -0.2) is 13.6 Å². The third kappa shape index (κ3) is 7.31. The number of rotatable bonds is 12. The lowest BCUT2D eigenvalue weighted by atomic mass is 9.89. The van der Waals surface area contributed by atoms with Crippen LogP contribution in [0.5, 0.6) is 11.5 Å². The summed E-state index contributed by atoms with van der Waals surface area (Å²) in [5, 5.41) is 7.80. The number of nitrogens with two attached hydrogens (primary N) is 1. The van der Waals surface area contributed by atoms with Gasteiger partial charge < -0.3 is 19.5 Å². The standard InChI is InChI=1S/C20H30N2O5S.ClH/c1-3-26-17-9-4-5-10-18(17)27-16-15-22-14-8-13-20(25-2)12-7-6-11-19(20)28(21,23)24;/h4-7,9-12,19,22H,3,8,13-16H2,1-2H3,(H2,21,23,24);1H. The Kier molecular flexibility index (Phi) is 10.7. The molecule has 3 N–H and O–H groups in total. The Hall–Kier alpha value is -1.58. The number of sulfonamides is 1. The molecule has 0 fully saturated rings. The first-order valence-corrected chi connectivity index (χ1v) is 11.0. The number of allylic oxidation sites excluding steroid dienone is 2. The van der Waals surface area contributed by atoms with E-state index in [1.165, 1.54) is 7.11 Å². The van der Waals surface area contributed by atoms with Gasteiger partial charge in [-0.3, -0.25) is 0 Å². The van der Waals surface area contributed by atoms with Gasteiger partial charge in [0.25, 0.3) is 0 Å². The maximum Gasteiger partial charge on any atom is 0.218 e. The van der Waals surface area contributed by atoms with Crippen LogP contribution in [0.2, 0.25) is 0 Å². The number of ether oxygens (including phenoxy) is 3. The van der Waals surface area contributed by atoms with Crippen LogP contribution in [-0.4, -0.2) is 52.7 Å². The molecule has 0 heterocycles. The Morgan fingerprint density at radius 1 is 1.14 bits per heavy atom. The van der Waals surface area contributed by atoms with Gasteiger partial charge in [0, 0.05) is 13.7 Å². The largest absolute Gasteiger partial charge is 0.490 e. The van der Waals surface area contributed by atoms with Crippen molar-refractivity contribution in [1.29, 1.82) is 0 Å². The lowest BCUT2D eigenvalue weighted by molar-refractivity contribution is 0.0275. The van der Waals surface area contributed by atoms with Crippen molar-refractivity contribution in [1.82, 2.24) is 5.32 Å². The van der Waals surface area contributed by atoms with Crippen LogP contribution in [-0.2, 0) is 14.8 Å². The van der Waals surface area contributed by atoms with E-state index in [0.717, 1.165) is 17.9 Å². The normalized spacial score (nSPS) is 20.9. The molecule has 29 heavy (non-hydrogen) atoms. The maximum atomic E-state index is 11.9. The third-order valence-electron chi connectivity index (χ3n) is 4.60. The summed E-state index contributed by atoms with van der Waals surface area (Å²) in [4.78, 5) is 0. The highest BCUT2D eigenvalue weighted by Gasteiger charge is 2.42. The smallest absolute Gasteiger partial charge is 0.218 e. The molecule has 9 heteroatoms. The highest BCUT2D eigenvalue weighted by atomic mass is 35.5. The number of halogens is 1. The van der Waals surface area contributed by atoms with Crippen molar-refractivity contribution in [2.45, 2.75) is 30.6 Å². The Balaban J connectivity index is 0.00000420. The van der Waals surface area contributed by atoms with E-state index in [9.17, 15) is 8.42 Å². The molecule has 0 bridgehead atoms. The highest BCUT2D eigenvalue weighted by molar-refractivity contribution is 7.90. The lowest BCUT2D eigenvalue weighted by Crippen LogP contribution is -2.49. The summed E-state index contributed by atoms with van der Waals surface area (Å²) in [5.74, 6) is 1.46. The van der Waals surface area contributed by atoms with Gasteiger partial charge >= 0.3 is 0 Å². The van der Waals surface area contributed by atoms with Crippen molar-refractivity contribution < 1.29 is 22.6 Å². The molecular formula is C20H31ClN2O5S. The molecule has 0 saturated carbocycles. The van der Waals surface area contributed by atoms with Crippen LogP contribution in [0.4, 0.5) is 0 Å². The van der Waals surface area contributed by atoms with Gasteiger partial charge in [0.1, 0.15) is 17.5 Å². The van der Waals surface area contributed by atoms with E-state index in [0.29, 0.717) is 32.7 Å².